The number of carbonyl (C=O) groups excluding carboxylic acids is 1. The van der Waals surface area contributed by atoms with Crippen molar-refractivity contribution < 1.29 is 9.53 Å². The van der Waals surface area contributed by atoms with E-state index in [4.69, 9.17) is 10.5 Å². The number of alkyl carbamates (subject to hydrolysis) is 1. The summed E-state index contributed by atoms with van der Waals surface area (Å²) in [6.07, 6.45) is 3.15. The fourth-order valence-corrected chi connectivity index (χ4v) is 1.84. The molecule has 0 bridgehead atoms. The molecule has 118 valence electrons. The molecule has 21 heavy (non-hydrogen) atoms. The van der Waals surface area contributed by atoms with Crippen molar-refractivity contribution in [1.82, 2.24) is 15.2 Å². The number of carbonyl (C=O) groups is 1. The smallest absolute Gasteiger partial charge is 0.407 e. The molecule has 1 aromatic heterocycles. The predicted octanol–water partition coefficient (Wildman–Crippen LogP) is 1.37. The molecule has 6 heteroatoms. The van der Waals surface area contributed by atoms with Gasteiger partial charge in [0.1, 0.15) is 5.60 Å². The highest BCUT2D eigenvalue weighted by molar-refractivity contribution is 5.67. The molecule has 0 saturated heterocycles. The summed E-state index contributed by atoms with van der Waals surface area (Å²) in [5.41, 5.74) is 6.40. The molecule has 0 saturated carbocycles. The highest BCUT2D eigenvalue weighted by Gasteiger charge is 2.19. The number of aromatic nitrogens is 1. The first-order valence-corrected chi connectivity index (χ1v) is 7.08. The number of hydrogen-bond acceptors (Lipinski definition) is 5. The van der Waals surface area contributed by atoms with Crippen LogP contribution in [0.15, 0.2) is 24.5 Å². The van der Waals surface area contributed by atoms with Crippen molar-refractivity contribution in [3.63, 3.8) is 0 Å². The van der Waals surface area contributed by atoms with Crippen molar-refractivity contribution in [2.24, 2.45) is 5.73 Å². The molecule has 1 atom stereocenters. The molecular weight excluding hydrogens is 268 g/mol. The number of rotatable bonds is 6. The molecule has 0 radical (unpaired) electrons. The Bertz CT molecular complexity index is 431. The van der Waals surface area contributed by atoms with Crippen LogP contribution in [0.3, 0.4) is 0 Å². The first-order chi connectivity index (χ1) is 9.81. The second-order valence-corrected chi connectivity index (χ2v) is 6.05. The van der Waals surface area contributed by atoms with Crippen LogP contribution in [0.4, 0.5) is 4.79 Å². The Morgan fingerprint density at radius 3 is 2.76 bits per heavy atom. The SMILES string of the molecule is CN(Cc1cccnc1)C(CN)CNC(=O)OC(C)(C)C. The molecule has 1 amide bonds. The molecule has 3 N–H and O–H groups in total. The van der Waals surface area contributed by atoms with Crippen LogP contribution in [0.25, 0.3) is 0 Å². The van der Waals surface area contributed by atoms with Crippen LogP contribution in [-0.2, 0) is 11.3 Å². The fourth-order valence-electron chi connectivity index (χ4n) is 1.84. The van der Waals surface area contributed by atoms with Gasteiger partial charge < -0.3 is 15.8 Å². The molecular formula is C15H26N4O2. The molecule has 0 aliphatic carbocycles. The molecule has 0 spiro atoms. The molecule has 0 aliphatic heterocycles. The Kier molecular flexibility index (Phi) is 6.58. The summed E-state index contributed by atoms with van der Waals surface area (Å²) in [6, 6.07) is 3.95. The minimum Gasteiger partial charge on any atom is -0.444 e. The molecule has 6 nitrogen and oxygen atoms in total. The highest BCUT2D eigenvalue weighted by Crippen LogP contribution is 2.07. The Hall–Kier alpha value is -1.66. The summed E-state index contributed by atoms with van der Waals surface area (Å²) in [6.45, 7) is 7.13. The molecule has 1 unspecified atom stereocenters. The van der Waals surface area contributed by atoms with E-state index in [2.05, 4.69) is 15.2 Å². The van der Waals surface area contributed by atoms with Gasteiger partial charge in [0.05, 0.1) is 0 Å². The van der Waals surface area contributed by atoms with E-state index in [9.17, 15) is 4.79 Å². The lowest BCUT2D eigenvalue weighted by Gasteiger charge is -2.28. The maximum absolute atomic E-state index is 11.7. The quantitative estimate of drug-likeness (QED) is 0.828. The van der Waals surface area contributed by atoms with Crippen molar-refractivity contribution in [1.29, 1.82) is 0 Å². The number of nitrogens with zero attached hydrogens (tertiary/aromatic N) is 2. The number of pyridine rings is 1. The van der Waals surface area contributed by atoms with E-state index in [0.717, 1.165) is 12.1 Å². The summed E-state index contributed by atoms with van der Waals surface area (Å²) in [7, 11) is 1.97. The van der Waals surface area contributed by atoms with E-state index in [0.29, 0.717) is 13.1 Å². The van der Waals surface area contributed by atoms with Crippen LogP contribution in [0.5, 0.6) is 0 Å². The van der Waals surface area contributed by atoms with Crippen LogP contribution < -0.4 is 11.1 Å². The zero-order valence-electron chi connectivity index (χ0n) is 13.3. The normalized spacial score (nSPS) is 13.0. The number of amides is 1. The van der Waals surface area contributed by atoms with E-state index in [1.165, 1.54) is 0 Å². The standard InChI is InChI=1S/C15H26N4O2/c1-15(2,3)21-14(20)18-10-13(8-16)19(4)11-12-6-5-7-17-9-12/h5-7,9,13H,8,10-11,16H2,1-4H3,(H,18,20). The van der Waals surface area contributed by atoms with Gasteiger partial charge in [-0.25, -0.2) is 4.79 Å². The van der Waals surface area contributed by atoms with Crippen molar-refractivity contribution in [2.75, 3.05) is 20.1 Å². The van der Waals surface area contributed by atoms with Crippen LogP contribution in [0.2, 0.25) is 0 Å². The maximum Gasteiger partial charge on any atom is 0.407 e. The minimum absolute atomic E-state index is 0.0396. The van der Waals surface area contributed by atoms with Gasteiger partial charge in [-0.15, -0.1) is 0 Å². The second kappa shape index (κ2) is 7.95. The van der Waals surface area contributed by atoms with Gasteiger partial charge in [-0.05, 0) is 39.4 Å². The van der Waals surface area contributed by atoms with E-state index < -0.39 is 11.7 Å². The van der Waals surface area contributed by atoms with Crippen LogP contribution in [0.1, 0.15) is 26.3 Å². The summed E-state index contributed by atoms with van der Waals surface area (Å²) in [5.74, 6) is 0. The third-order valence-corrected chi connectivity index (χ3v) is 2.93. The summed E-state index contributed by atoms with van der Waals surface area (Å²) < 4.78 is 5.21. The fraction of sp³-hybridized carbons (Fsp3) is 0.600. The van der Waals surface area contributed by atoms with Crippen LogP contribution >= 0.6 is 0 Å². The lowest BCUT2D eigenvalue weighted by Crippen LogP contribution is -2.47. The lowest BCUT2D eigenvalue weighted by molar-refractivity contribution is 0.0511. The molecule has 1 rings (SSSR count). The van der Waals surface area contributed by atoms with Gasteiger partial charge in [0.25, 0.3) is 0 Å². The topological polar surface area (TPSA) is 80.5 Å². The van der Waals surface area contributed by atoms with E-state index in [-0.39, 0.29) is 6.04 Å². The van der Waals surface area contributed by atoms with E-state index in [1.807, 2.05) is 46.1 Å². The summed E-state index contributed by atoms with van der Waals surface area (Å²) in [5, 5.41) is 2.76. The van der Waals surface area contributed by atoms with Crippen LogP contribution in [0, 0.1) is 0 Å². The van der Waals surface area contributed by atoms with Gasteiger partial charge in [-0.1, -0.05) is 6.07 Å². The lowest BCUT2D eigenvalue weighted by atomic mass is 10.2. The molecule has 1 heterocycles. The number of nitrogens with one attached hydrogen (secondary N) is 1. The third kappa shape index (κ3) is 7.06. The van der Waals surface area contributed by atoms with E-state index in [1.54, 1.807) is 6.20 Å². The largest absolute Gasteiger partial charge is 0.444 e. The van der Waals surface area contributed by atoms with Crippen molar-refractivity contribution in [3.8, 4) is 0 Å². The molecule has 1 aromatic rings. The number of likely N-dealkylation sites (N-methyl/N-ethyl adjacent to an activating group) is 1. The average molecular weight is 294 g/mol. The number of nitrogens with two attached hydrogens (primary N) is 1. The van der Waals surface area contributed by atoms with Gasteiger partial charge in [0, 0.05) is 38.1 Å². The second-order valence-electron chi connectivity index (χ2n) is 6.05. The number of hydrogen-bond donors (Lipinski definition) is 2. The Morgan fingerprint density at radius 2 is 2.24 bits per heavy atom. The first-order valence-electron chi connectivity index (χ1n) is 7.08. The zero-order valence-corrected chi connectivity index (χ0v) is 13.3. The highest BCUT2D eigenvalue weighted by atomic mass is 16.6. The first kappa shape index (κ1) is 17.4. The zero-order chi connectivity index (χ0) is 15.9. The predicted molar refractivity (Wildman–Crippen MR) is 82.8 cm³/mol. The van der Waals surface area contributed by atoms with Gasteiger partial charge in [-0.3, -0.25) is 9.88 Å². The number of ether oxygens (including phenoxy) is 1. The van der Waals surface area contributed by atoms with Crippen molar-refractivity contribution in [3.05, 3.63) is 30.1 Å². The maximum atomic E-state index is 11.7. The Balaban J connectivity index is 2.45. The minimum atomic E-state index is -0.496. The van der Waals surface area contributed by atoms with Gasteiger partial charge in [-0.2, -0.15) is 0 Å². The molecule has 0 aromatic carbocycles. The van der Waals surface area contributed by atoms with Crippen molar-refractivity contribution >= 4 is 6.09 Å². The summed E-state index contributed by atoms with van der Waals surface area (Å²) in [4.78, 5) is 17.8. The van der Waals surface area contributed by atoms with Gasteiger partial charge >= 0.3 is 6.09 Å². The van der Waals surface area contributed by atoms with Crippen LogP contribution in [-0.4, -0.2) is 47.8 Å². The third-order valence-electron chi connectivity index (χ3n) is 2.93. The average Bonchev–Trinajstić information content (AvgIpc) is 2.38. The Labute approximate surface area is 126 Å². The van der Waals surface area contributed by atoms with Crippen molar-refractivity contribution in [2.45, 2.75) is 39.0 Å². The monoisotopic (exact) mass is 294 g/mol. The Morgan fingerprint density at radius 1 is 1.52 bits per heavy atom. The molecule has 0 aliphatic rings. The molecule has 0 fully saturated rings. The van der Waals surface area contributed by atoms with Gasteiger partial charge in [0.15, 0.2) is 0 Å². The summed E-state index contributed by atoms with van der Waals surface area (Å²) >= 11 is 0. The van der Waals surface area contributed by atoms with E-state index >= 15 is 0 Å². The van der Waals surface area contributed by atoms with Gasteiger partial charge in [0.2, 0.25) is 0 Å².